The molecule has 52 heavy (non-hydrogen) atoms. The topological polar surface area (TPSA) is 135 Å². The zero-order valence-corrected chi connectivity index (χ0v) is 33.6. The van der Waals surface area contributed by atoms with Gasteiger partial charge in [0, 0.05) is 13.0 Å². The van der Waals surface area contributed by atoms with E-state index in [4.69, 9.17) is 18.9 Å². The minimum Gasteiger partial charge on any atom is -0.457 e. The normalized spacial score (nSPS) is 21.2. The van der Waals surface area contributed by atoms with E-state index >= 15 is 0 Å². The molecule has 0 aromatic carbocycles. The number of carbonyl (C=O) groups is 1. The molecule has 0 bridgehead atoms. The Labute approximate surface area is 318 Å². The summed E-state index contributed by atoms with van der Waals surface area (Å²) in [5.74, 6) is -0.315. The number of aliphatic hydroxyl groups excluding tert-OH is 4. The molecule has 6 unspecified atom stereocenters. The Hall–Kier alpha value is -1.07. The largest absolute Gasteiger partial charge is 0.457 e. The van der Waals surface area contributed by atoms with Crippen LogP contribution in [0.15, 0.2) is 12.2 Å². The molecule has 1 heterocycles. The first-order valence-corrected chi connectivity index (χ1v) is 21.8. The molecule has 0 aromatic heterocycles. The summed E-state index contributed by atoms with van der Waals surface area (Å²) in [6.45, 7) is 4.52. The number of ether oxygens (including phenoxy) is 4. The molecule has 0 spiro atoms. The standard InChI is InChI=1S/C43H82O9/c1-3-5-7-9-11-12-13-14-15-16-17-18-19-20-21-22-23-24-25-26-27-28-30-32-39(45)51-37(35-49-33-31-29-10-8-6-4-2)36-50-43-42(48)41(47)40(46)38(34-44)52-43/h16-17,37-38,40-44,46-48H,3-15,18-36H2,1-2H3/b17-16-. The summed E-state index contributed by atoms with van der Waals surface area (Å²) in [5, 5.41) is 39.9. The van der Waals surface area contributed by atoms with Crippen LogP contribution in [0.4, 0.5) is 0 Å². The quantitative estimate of drug-likeness (QED) is 0.0279. The van der Waals surface area contributed by atoms with Crippen LogP contribution in [0.5, 0.6) is 0 Å². The van der Waals surface area contributed by atoms with E-state index < -0.39 is 43.4 Å². The molecular formula is C43H82O9. The van der Waals surface area contributed by atoms with Crippen molar-refractivity contribution in [1.29, 1.82) is 0 Å². The van der Waals surface area contributed by atoms with Crippen LogP contribution in [-0.4, -0.2) is 89.6 Å². The molecular weight excluding hydrogens is 660 g/mol. The second-order valence-corrected chi connectivity index (χ2v) is 15.1. The van der Waals surface area contributed by atoms with Crippen molar-refractivity contribution < 1.29 is 44.2 Å². The molecule has 9 heteroatoms. The van der Waals surface area contributed by atoms with Gasteiger partial charge in [-0.1, -0.05) is 161 Å². The van der Waals surface area contributed by atoms with Gasteiger partial charge in [-0.3, -0.25) is 4.79 Å². The summed E-state index contributed by atoms with van der Waals surface area (Å²) >= 11 is 0. The first-order valence-electron chi connectivity index (χ1n) is 21.8. The molecule has 0 saturated carbocycles. The zero-order valence-electron chi connectivity index (χ0n) is 33.6. The maximum Gasteiger partial charge on any atom is 0.306 e. The van der Waals surface area contributed by atoms with Gasteiger partial charge in [0.15, 0.2) is 6.29 Å². The molecule has 1 aliphatic heterocycles. The molecule has 6 atom stereocenters. The van der Waals surface area contributed by atoms with Crippen molar-refractivity contribution >= 4 is 5.97 Å². The van der Waals surface area contributed by atoms with E-state index in [2.05, 4.69) is 26.0 Å². The van der Waals surface area contributed by atoms with E-state index in [1.807, 2.05) is 0 Å². The number of unbranched alkanes of at least 4 members (excludes halogenated alkanes) is 24. The van der Waals surface area contributed by atoms with Gasteiger partial charge in [0.25, 0.3) is 0 Å². The Morgan fingerprint density at radius 1 is 0.596 bits per heavy atom. The molecule has 1 fully saturated rings. The minimum atomic E-state index is -1.53. The number of rotatable bonds is 37. The summed E-state index contributed by atoms with van der Waals surface area (Å²) in [4.78, 5) is 12.7. The molecule has 4 N–H and O–H groups in total. The average molecular weight is 743 g/mol. The molecule has 0 aromatic rings. The predicted octanol–water partition coefficient (Wildman–Crippen LogP) is 9.25. The lowest BCUT2D eigenvalue weighted by Gasteiger charge is -2.39. The molecule has 1 saturated heterocycles. The van der Waals surface area contributed by atoms with Crippen LogP contribution in [0, 0.1) is 0 Å². The fourth-order valence-corrected chi connectivity index (χ4v) is 6.72. The lowest BCUT2D eigenvalue weighted by atomic mass is 9.99. The highest BCUT2D eigenvalue weighted by molar-refractivity contribution is 5.69. The third kappa shape index (κ3) is 26.7. The number of hydrogen-bond donors (Lipinski definition) is 4. The smallest absolute Gasteiger partial charge is 0.306 e. The second kappa shape index (κ2) is 35.6. The monoisotopic (exact) mass is 743 g/mol. The predicted molar refractivity (Wildman–Crippen MR) is 210 cm³/mol. The van der Waals surface area contributed by atoms with Crippen LogP contribution in [-0.2, 0) is 23.7 Å². The fourth-order valence-electron chi connectivity index (χ4n) is 6.72. The van der Waals surface area contributed by atoms with E-state index in [9.17, 15) is 25.2 Å². The van der Waals surface area contributed by atoms with E-state index in [0.717, 1.165) is 32.1 Å². The van der Waals surface area contributed by atoms with Crippen molar-refractivity contribution in [2.75, 3.05) is 26.4 Å². The van der Waals surface area contributed by atoms with Gasteiger partial charge in [-0.2, -0.15) is 0 Å². The van der Waals surface area contributed by atoms with E-state index in [1.54, 1.807) is 0 Å². The lowest BCUT2D eigenvalue weighted by molar-refractivity contribution is -0.305. The molecule has 9 nitrogen and oxygen atoms in total. The SMILES string of the molecule is CCCCCCCCCC/C=C\CCCCCCCCCCCCCC(=O)OC(COCCCCCCCC)COC1OC(CO)C(O)C(O)C1O. The van der Waals surface area contributed by atoms with Crippen LogP contribution in [0.2, 0.25) is 0 Å². The van der Waals surface area contributed by atoms with Crippen molar-refractivity contribution in [2.45, 2.75) is 230 Å². The first kappa shape index (κ1) is 48.9. The molecule has 0 radical (unpaired) electrons. The average Bonchev–Trinajstić information content (AvgIpc) is 3.14. The molecule has 308 valence electrons. The van der Waals surface area contributed by atoms with Crippen LogP contribution >= 0.6 is 0 Å². The fraction of sp³-hybridized carbons (Fsp3) is 0.930. The number of aliphatic hydroxyl groups is 4. The van der Waals surface area contributed by atoms with Gasteiger partial charge in [-0.05, 0) is 38.5 Å². The number of carbonyl (C=O) groups excluding carboxylic acids is 1. The van der Waals surface area contributed by atoms with Gasteiger partial charge in [0.05, 0.1) is 19.8 Å². The first-order chi connectivity index (χ1) is 25.4. The zero-order chi connectivity index (χ0) is 37.9. The third-order valence-corrected chi connectivity index (χ3v) is 10.2. The van der Waals surface area contributed by atoms with E-state index in [1.165, 1.54) is 141 Å². The summed E-state index contributed by atoms with van der Waals surface area (Å²) in [7, 11) is 0. The summed E-state index contributed by atoms with van der Waals surface area (Å²) in [5.41, 5.74) is 0. The summed E-state index contributed by atoms with van der Waals surface area (Å²) < 4.78 is 22.6. The van der Waals surface area contributed by atoms with Gasteiger partial charge >= 0.3 is 5.97 Å². The number of allylic oxidation sites excluding steroid dienone is 2. The van der Waals surface area contributed by atoms with Crippen LogP contribution in [0.3, 0.4) is 0 Å². The minimum absolute atomic E-state index is 0.110. The second-order valence-electron chi connectivity index (χ2n) is 15.1. The van der Waals surface area contributed by atoms with Gasteiger partial charge < -0.3 is 39.4 Å². The van der Waals surface area contributed by atoms with E-state index in [-0.39, 0.29) is 19.2 Å². The van der Waals surface area contributed by atoms with Crippen molar-refractivity contribution in [2.24, 2.45) is 0 Å². The third-order valence-electron chi connectivity index (χ3n) is 10.2. The van der Waals surface area contributed by atoms with Gasteiger partial charge in [0.1, 0.15) is 30.5 Å². The Bertz CT molecular complexity index is 807. The van der Waals surface area contributed by atoms with Crippen molar-refractivity contribution in [3.63, 3.8) is 0 Å². The Balaban J connectivity index is 2.13. The molecule has 1 rings (SSSR count). The Morgan fingerprint density at radius 2 is 1.06 bits per heavy atom. The number of esters is 1. The van der Waals surface area contributed by atoms with Crippen LogP contribution in [0.25, 0.3) is 0 Å². The molecule has 0 amide bonds. The highest BCUT2D eigenvalue weighted by atomic mass is 16.7. The Kier molecular flexibility index (Phi) is 33.5. The van der Waals surface area contributed by atoms with Gasteiger partial charge in [0.2, 0.25) is 0 Å². The number of hydrogen-bond acceptors (Lipinski definition) is 9. The highest BCUT2D eigenvalue weighted by Crippen LogP contribution is 2.22. The molecule has 1 aliphatic rings. The van der Waals surface area contributed by atoms with E-state index in [0.29, 0.717) is 13.0 Å². The van der Waals surface area contributed by atoms with Gasteiger partial charge in [-0.25, -0.2) is 0 Å². The summed E-state index contributed by atoms with van der Waals surface area (Å²) in [6.07, 6.45) is 31.3. The maximum atomic E-state index is 12.7. The Morgan fingerprint density at radius 3 is 1.56 bits per heavy atom. The van der Waals surface area contributed by atoms with Crippen molar-refractivity contribution in [3.05, 3.63) is 12.2 Å². The van der Waals surface area contributed by atoms with Crippen molar-refractivity contribution in [1.82, 2.24) is 0 Å². The van der Waals surface area contributed by atoms with Crippen LogP contribution in [0.1, 0.15) is 194 Å². The summed E-state index contributed by atoms with van der Waals surface area (Å²) in [6, 6.07) is 0. The molecule has 0 aliphatic carbocycles. The lowest BCUT2D eigenvalue weighted by Crippen LogP contribution is -2.59. The van der Waals surface area contributed by atoms with Crippen LogP contribution < -0.4 is 0 Å². The van der Waals surface area contributed by atoms with Crippen molar-refractivity contribution in [3.8, 4) is 0 Å². The highest BCUT2D eigenvalue weighted by Gasteiger charge is 2.44. The maximum absolute atomic E-state index is 12.7. The van der Waals surface area contributed by atoms with Gasteiger partial charge in [-0.15, -0.1) is 0 Å².